The van der Waals surface area contributed by atoms with Crippen LogP contribution in [0.15, 0.2) is 65.7 Å². The first-order valence-corrected chi connectivity index (χ1v) is 10.8. The van der Waals surface area contributed by atoms with Crippen LogP contribution in [0, 0.1) is 25.2 Å². The van der Waals surface area contributed by atoms with Crippen molar-refractivity contribution in [3.63, 3.8) is 0 Å². The van der Waals surface area contributed by atoms with E-state index in [1.165, 1.54) is 17.3 Å². The molecule has 0 spiro atoms. The minimum atomic E-state index is -0.531. The first-order chi connectivity index (χ1) is 14.4. The predicted octanol–water partition coefficient (Wildman–Crippen LogP) is 6.17. The maximum atomic E-state index is 13.3. The molecule has 152 valence electrons. The van der Waals surface area contributed by atoms with Gasteiger partial charge in [0.2, 0.25) is 5.91 Å². The highest BCUT2D eigenvalue weighted by Crippen LogP contribution is 2.37. The van der Waals surface area contributed by atoms with Crippen LogP contribution in [0.4, 0.5) is 5.69 Å². The number of nitrogens with one attached hydrogen (secondary N) is 1. The van der Waals surface area contributed by atoms with Gasteiger partial charge in [-0.15, -0.1) is 0 Å². The van der Waals surface area contributed by atoms with Gasteiger partial charge in [0.05, 0.1) is 5.56 Å². The molecule has 0 radical (unpaired) electrons. The van der Waals surface area contributed by atoms with E-state index >= 15 is 0 Å². The summed E-state index contributed by atoms with van der Waals surface area (Å²) in [4.78, 5) is 17.8. The fraction of sp³-hybridized carbons (Fsp3) is 0.240. The summed E-state index contributed by atoms with van der Waals surface area (Å²) in [7, 11) is 0. The van der Waals surface area contributed by atoms with Crippen molar-refractivity contribution in [2.45, 2.75) is 43.9 Å². The lowest BCUT2D eigenvalue weighted by Gasteiger charge is -2.18. The number of carbonyl (C=O) groups excluding carboxylic acids is 1. The lowest BCUT2D eigenvalue weighted by Crippen LogP contribution is -2.19. The Bertz CT molecular complexity index is 1070. The molecule has 4 nitrogen and oxygen atoms in total. The Morgan fingerprint density at radius 3 is 2.30 bits per heavy atom. The second-order valence-electron chi connectivity index (χ2n) is 7.55. The molecule has 5 heteroatoms. The highest BCUT2D eigenvalue weighted by molar-refractivity contribution is 8.00. The Balaban J connectivity index is 1.92. The molecule has 3 aromatic rings. The number of amides is 1. The lowest BCUT2D eigenvalue weighted by atomic mass is 10.0. The molecular formula is C25H25N3OS. The minimum absolute atomic E-state index is 0.145. The van der Waals surface area contributed by atoms with Gasteiger partial charge in [0, 0.05) is 11.4 Å². The van der Waals surface area contributed by atoms with Gasteiger partial charge in [-0.1, -0.05) is 68.1 Å². The molecule has 0 saturated heterocycles. The van der Waals surface area contributed by atoms with E-state index in [0.29, 0.717) is 16.5 Å². The van der Waals surface area contributed by atoms with E-state index in [1.807, 2.05) is 74.5 Å². The van der Waals surface area contributed by atoms with E-state index in [2.05, 4.69) is 30.2 Å². The highest BCUT2D eigenvalue weighted by atomic mass is 32.2. The summed E-state index contributed by atoms with van der Waals surface area (Å²) >= 11 is 1.31. The fourth-order valence-electron chi connectivity index (χ4n) is 3.20. The van der Waals surface area contributed by atoms with Crippen LogP contribution in [-0.2, 0) is 4.79 Å². The predicted molar refractivity (Wildman–Crippen MR) is 123 cm³/mol. The SMILES string of the molecule is Cc1cc(C)c(C#N)c(S[C@H](C(=O)Nc2ccc(C(C)C)cc2)c2ccccc2)n1. The van der Waals surface area contributed by atoms with Gasteiger partial charge in [0.1, 0.15) is 16.3 Å². The number of rotatable bonds is 6. The number of benzene rings is 2. The maximum absolute atomic E-state index is 13.3. The number of hydrogen-bond donors (Lipinski definition) is 1. The molecule has 0 aliphatic carbocycles. The zero-order valence-corrected chi connectivity index (χ0v) is 18.5. The first kappa shape index (κ1) is 21.6. The maximum Gasteiger partial charge on any atom is 0.242 e. The molecule has 0 unspecified atom stereocenters. The van der Waals surface area contributed by atoms with Crippen LogP contribution in [-0.4, -0.2) is 10.9 Å². The van der Waals surface area contributed by atoms with Gasteiger partial charge in [-0.3, -0.25) is 4.79 Å². The molecule has 1 N–H and O–H groups in total. The zero-order valence-electron chi connectivity index (χ0n) is 17.6. The number of pyridine rings is 1. The van der Waals surface area contributed by atoms with Crippen molar-refractivity contribution in [3.05, 3.63) is 88.6 Å². The quantitative estimate of drug-likeness (QED) is 0.489. The molecule has 1 atom stereocenters. The van der Waals surface area contributed by atoms with Gasteiger partial charge in [0.25, 0.3) is 0 Å². The van der Waals surface area contributed by atoms with Gasteiger partial charge in [-0.05, 0) is 54.7 Å². The Kier molecular flexibility index (Phi) is 6.91. The summed E-state index contributed by atoms with van der Waals surface area (Å²) in [6, 6.07) is 21.6. The van der Waals surface area contributed by atoms with Gasteiger partial charge >= 0.3 is 0 Å². The average Bonchev–Trinajstić information content (AvgIpc) is 2.72. The summed E-state index contributed by atoms with van der Waals surface area (Å²) in [5, 5.41) is 12.7. The number of nitrogens with zero attached hydrogens (tertiary/aromatic N) is 2. The monoisotopic (exact) mass is 415 g/mol. The summed E-state index contributed by atoms with van der Waals surface area (Å²) in [6.45, 7) is 8.07. The largest absolute Gasteiger partial charge is 0.325 e. The van der Waals surface area contributed by atoms with Crippen LogP contribution in [0.2, 0.25) is 0 Å². The van der Waals surface area contributed by atoms with E-state index in [1.54, 1.807) is 0 Å². The highest BCUT2D eigenvalue weighted by Gasteiger charge is 2.25. The second-order valence-corrected chi connectivity index (χ2v) is 8.64. The first-order valence-electron chi connectivity index (χ1n) is 9.89. The van der Waals surface area contributed by atoms with Crippen molar-refractivity contribution in [1.82, 2.24) is 4.98 Å². The van der Waals surface area contributed by atoms with Crippen molar-refractivity contribution in [1.29, 1.82) is 5.26 Å². The molecule has 0 fully saturated rings. The van der Waals surface area contributed by atoms with Crippen LogP contribution in [0.1, 0.15) is 53.0 Å². The van der Waals surface area contributed by atoms with Crippen molar-refractivity contribution in [3.8, 4) is 6.07 Å². The fourth-order valence-corrected chi connectivity index (χ4v) is 4.40. The molecule has 2 aromatic carbocycles. The van der Waals surface area contributed by atoms with Crippen molar-refractivity contribution >= 4 is 23.4 Å². The third-order valence-electron chi connectivity index (χ3n) is 4.84. The minimum Gasteiger partial charge on any atom is -0.325 e. The van der Waals surface area contributed by atoms with Crippen LogP contribution in [0.3, 0.4) is 0 Å². The number of carbonyl (C=O) groups is 1. The van der Waals surface area contributed by atoms with E-state index < -0.39 is 5.25 Å². The molecule has 0 bridgehead atoms. The van der Waals surface area contributed by atoms with Crippen LogP contribution < -0.4 is 5.32 Å². The van der Waals surface area contributed by atoms with Gasteiger partial charge in [-0.2, -0.15) is 5.26 Å². The average molecular weight is 416 g/mol. The summed E-state index contributed by atoms with van der Waals surface area (Å²) in [6.07, 6.45) is 0. The number of aryl methyl sites for hydroxylation is 2. The van der Waals surface area contributed by atoms with Crippen LogP contribution in [0.25, 0.3) is 0 Å². The van der Waals surface area contributed by atoms with Crippen LogP contribution >= 0.6 is 11.8 Å². The molecule has 30 heavy (non-hydrogen) atoms. The summed E-state index contributed by atoms with van der Waals surface area (Å²) in [5.41, 5.74) is 5.04. The topological polar surface area (TPSA) is 65.8 Å². The Labute approximate surface area is 182 Å². The Morgan fingerprint density at radius 1 is 1.03 bits per heavy atom. The molecule has 1 aromatic heterocycles. The summed E-state index contributed by atoms with van der Waals surface area (Å²) in [5.74, 6) is 0.288. The smallest absolute Gasteiger partial charge is 0.242 e. The van der Waals surface area contributed by atoms with Crippen molar-refractivity contribution in [2.75, 3.05) is 5.32 Å². The van der Waals surface area contributed by atoms with Gasteiger partial charge in [-0.25, -0.2) is 4.98 Å². The number of anilines is 1. The van der Waals surface area contributed by atoms with E-state index in [9.17, 15) is 10.1 Å². The standard InChI is InChI=1S/C25H25N3OS/c1-16(2)19-10-12-21(13-11-19)28-24(29)23(20-8-6-5-7-9-20)30-25-22(15-26)17(3)14-18(4)27-25/h5-14,16,23H,1-4H3,(H,28,29)/t23-/m0/s1. The third-order valence-corrected chi connectivity index (χ3v) is 6.08. The number of thioether (sulfide) groups is 1. The third kappa shape index (κ3) is 5.08. The van der Waals surface area contributed by atoms with E-state index in [-0.39, 0.29) is 5.91 Å². The normalized spacial score (nSPS) is 11.7. The lowest BCUT2D eigenvalue weighted by molar-refractivity contribution is -0.115. The Morgan fingerprint density at radius 2 is 1.70 bits per heavy atom. The Hall–Kier alpha value is -3.10. The molecule has 0 aliphatic heterocycles. The molecule has 1 amide bonds. The molecule has 0 aliphatic rings. The molecular weight excluding hydrogens is 390 g/mol. The van der Waals surface area contributed by atoms with Gasteiger partial charge in [0.15, 0.2) is 0 Å². The van der Waals surface area contributed by atoms with Gasteiger partial charge < -0.3 is 5.32 Å². The zero-order chi connectivity index (χ0) is 21.7. The van der Waals surface area contributed by atoms with Crippen molar-refractivity contribution in [2.24, 2.45) is 0 Å². The number of hydrogen-bond acceptors (Lipinski definition) is 4. The summed E-state index contributed by atoms with van der Waals surface area (Å²) < 4.78 is 0. The molecule has 1 heterocycles. The number of aromatic nitrogens is 1. The van der Waals surface area contributed by atoms with E-state index in [0.717, 1.165) is 22.5 Å². The second kappa shape index (κ2) is 9.60. The number of nitriles is 1. The molecule has 3 rings (SSSR count). The van der Waals surface area contributed by atoms with Crippen molar-refractivity contribution < 1.29 is 4.79 Å². The van der Waals surface area contributed by atoms with Crippen LogP contribution in [0.5, 0.6) is 0 Å². The molecule has 0 saturated carbocycles. The van der Waals surface area contributed by atoms with E-state index in [4.69, 9.17) is 0 Å².